The van der Waals surface area contributed by atoms with Crippen LogP contribution in [0.2, 0.25) is 5.02 Å². The molecular formula is C52H53ClO7. The van der Waals surface area contributed by atoms with E-state index in [9.17, 15) is 4.79 Å². The molecule has 0 aliphatic carbocycles. The second-order valence-electron chi connectivity index (χ2n) is 15.1. The van der Waals surface area contributed by atoms with E-state index < -0.39 is 30.5 Å². The molecule has 6 aromatic rings. The number of carbonyl (C=O) groups excluding carboxylic acids is 1. The van der Waals surface area contributed by atoms with E-state index in [1.165, 1.54) is 5.56 Å². The van der Waals surface area contributed by atoms with Crippen molar-refractivity contribution in [2.45, 2.75) is 83.3 Å². The Bertz CT molecular complexity index is 2170. The van der Waals surface area contributed by atoms with E-state index >= 15 is 0 Å². The third kappa shape index (κ3) is 12.1. The van der Waals surface area contributed by atoms with Crippen LogP contribution in [0.4, 0.5) is 0 Å². The minimum absolute atomic E-state index is 0.0593. The van der Waals surface area contributed by atoms with Gasteiger partial charge in [0, 0.05) is 5.02 Å². The maximum atomic E-state index is 11.5. The molecule has 0 spiro atoms. The van der Waals surface area contributed by atoms with Crippen LogP contribution in [-0.4, -0.2) is 43.9 Å². The highest BCUT2D eigenvalue weighted by Gasteiger charge is 2.49. The molecule has 0 radical (unpaired) electrons. The van der Waals surface area contributed by atoms with Gasteiger partial charge in [-0.3, -0.25) is 0 Å². The first-order valence-electron chi connectivity index (χ1n) is 20.7. The number of rotatable bonds is 21. The van der Waals surface area contributed by atoms with Gasteiger partial charge in [-0.25, -0.2) is 0 Å². The van der Waals surface area contributed by atoms with Crippen molar-refractivity contribution in [3.63, 3.8) is 0 Å². The van der Waals surface area contributed by atoms with E-state index in [1.54, 1.807) is 0 Å². The van der Waals surface area contributed by atoms with E-state index in [0.717, 1.165) is 57.2 Å². The minimum Gasteiger partial charge on any atom is -0.374 e. The first-order valence-corrected chi connectivity index (χ1v) is 21.1. The summed E-state index contributed by atoms with van der Waals surface area (Å²) in [5, 5.41) is 0.601. The fourth-order valence-corrected chi connectivity index (χ4v) is 7.83. The molecular weight excluding hydrogens is 772 g/mol. The highest BCUT2D eigenvalue weighted by molar-refractivity contribution is 6.31. The van der Waals surface area contributed by atoms with Gasteiger partial charge in [0.15, 0.2) is 0 Å². The second-order valence-corrected chi connectivity index (χ2v) is 15.5. The third-order valence-corrected chi connectivity index (χ3v) is 11.1. The molecule has 60 heavy (non-hydrogen) atoms. The molecule has 1 aliphatic heterocycles. The summed E-state index contributed by atoms with van der Waals surface area (Å²) in [5.74, 6) is 0. The normalized spacial score (nSPS) is 18.9. The molecule has 6 aromatic carbocycles. The number of benzene rings is 6. The van der Waals surface area contributed by atoms with E-state index in [1.807, 2.05) is 115 Å². The van der Waals surface area contributed by atoms with Gasteiger partial charge in [-0.1, -0.05) is 170 Å². The van der Waals surface area contributed by atoms with Crippen LogP contribution in [0.1, 0.15) is 63.1 Å². The monoisotopic (exact) mass is 824 g/mol. The predicted octanol–water partition coefficient (Wildman–Crippen LogP) is 10.6. The van der Waals surface area contributed by atoms with Gasteiger partial charge in [0.05, 0.1) is 39.6 Å². The first kappa shape index (κ1) is 43.1. The van der Waals surface area contributed by atoms with Crippen LogP contribution in [0, 0.1) is 0 Å². The Balaban J connectivity index is 1.32. The van der Waals surface area contributed by atoms with E-state index in [4.69, 9.17) is 40.0 Å². The summed E-state index contributed by atoms with van der Waals surface area (Å²) in [7, 11) is 0. The van der Waals surface area contributed by atoms with Crippen LogP contribution in [0.5, 0.6) is 0 Å². The van der Waals surface area contributed by atoms with E-state index in [0.29, 0.717) is 37.9 Å². The van der Waals surface area contributed by atoms with Crippen molar-refractivity contribution >= 4 is 17.9 Å². The molecule has 0 amide bonds. The molecule has 5 atom stereocenters. The molecule has 1 heterocycles. The smallest absolute Gasteiger partial charge is 0.145 e. The number of aldehydes is 1. The Hall–Kier alpha value is -4.96. The number of aryl methyl sites for hydroxylation is 1. The van der Waals surface area contributed by atoms with Gasteiger partial charge in [-0.2, -0.15) is 0 Å². The summed E-state index contributed by atoms with van der Waals surface area (Å²) >= 11 is 7.10. The average molecular weight is 825 g/mol. The van der Waals surface area contributed by atoms with Crippen LogP contribution in [0.3, 0.4) is 0 Å². The minimum atomic E-state index is -0.676. The maximum absolute atomic E-state index is 11.5. The average Bonchev–Trinajstić information content (AvgIpc) is 3.29. The molecule has 310 valence electrons. The van der Waals surface area contributed by atoms with Crippen LogP contribution in [0.25, 0.3) is 0 Å². The van der Waals surface area contributed by atoms with Crippen LogP contribution in [-0.2, 0) is 79.1 Å². The summed E-state index contributed by atoms with van der Waals surface area (Å²) < 4.78 is 40.6. The van der Waals surface area contributed by atoms with Gasteiger partial charge in [0.1, 0.15) is 43.4 Å². The van der Waals surface area contributed by atoms with Crippen LogP contribution >= 0.6 is 11.6 Å². The lowest BCUT2D eigenvalue weighted by Gasteiger charge is -2.47. The number of carbonyl (C=O) groups is 1. The highest BCUT2D eigenvalue weighted by atomic mass is 35.5. The molecule has 0 N–H and O–H groups in total. The lowest BCUT2D eigenvalue weighted by atomic mass is 9.87. The summed E-state index contributed by atoms with van der Waals surface area (Å²) in [4.78, 5) is 11.5. The fourth-order valence-electron chi connectivity index (χ4n) is 7.57. The van der Waals surface area contributed by atoms with Crippen molar-refractivity contribution in [2.24, 2.45) is 0 Å². The van der Waals surface area contributed by atoms with Gasteiger partial charge >= 0.3 is 0 Å². The fraction of sp³-hybridized carbons (Fsp3) is 0.288. The highest BCUT2D eigenvalue weighted by Crippen LogP contribution is 2.41. The molecule has 8 heteroatoms. The standard InChI is InChI=1S/C52H53ClO7/c1-2-38-23-25-39(26-24-38)29-44-30-46(45(31-47(44)53)36-55-28-27-54)49-51(58-34-42-19-11-5-12-20-42)52(59-35-43-21-13-6-14-22-43)50(57-33-41-17-9-4-10-18-41)48(60-49)37-56-32-40-15-7-3-8-16-40/h3-27,30-31,48-52H,2,28-29,32-37H2,1H3/t48-,49+,50?,51+,52+/m1/s1. The first-order chi connectivity index (χ1) is 29.6. The van der Waals surface area contributed by atoms with Gasteiger partial charge in [0.2, 0.25) is 0 Å². The van der Waals surface area contributed by atoms with Crippen molar-refractivity contribution in [3.05, 3.63) is 213 Å². The molecule has 0 saturated carbocycles. The summed E-state index contributed by atoms with van der Waals surface area (Å²) in [6, 6.07) is 53.1. The van der Waals surface area contributed by atoms with Crippen molar-refractivity contribution in [2.75, 3.05) is 13.2 Å². The van der Waals surface area contributed by atoms with Gasteiger partial charge in [-0.05, 0) is 69.0 Å². The van der Waals surface area contributed by atoms with Crippen molar-refractivity contribution in [1.29, 1.82) is 0 Å². The largest absolute Gasteiger partial charge is 0.374 e. The maximum Gasteiger partial charge on any atom is 0.145 e. The topological polar surface area (TPSA) is 72.5 Å². The lowest BCUT2D eigenvalue weighted by Crippen LogP contribution is -2.58. The SMILES string of the molecule is CCc1ccc(Cc2cc([C@@H]3O[C@H](COCc4ccccc4)C(OCc4ccccc4)[C@H](OCc4ccccc4)[C@H]3OCc3ccccc3)c(COCC=O)cc2Cl)cc1. The Morgan fingerprint density at radius 1 is 0.533 bits per heavy atom. The third-order valence-electron chi connectivity index (χ3n) is 10.8. The zero-order chi connectivity index (χ0) is 41.4. The Morgan fingerprint density at radius 3 is 1.57 bits per heavy atom. The molecule has 7 rings (SSSR count). The summed E-state index contributed by atoms with van der Waals surface area (Å²) in [6.07, 6.45) is -0.818. The molecule has 1 aliphatic rings. The molecule has 0 bridgehead atoms. The number of halogens is 1. The molecule has 1 saturated heterocycles. The van der Waals surface area contributed by atoms with E-state index in [2.05, 4.69) is 49.4 Å². The van der Waals surface area contributed by atoms with Gasteiger partial charge in [-0.15, -0.1) is 0 Å². The Labute approximate surface area is 359 Å². The second kappa shape index (κ2) is 22.6. The number of hydrogen-bond acceptors (Lipinski definition) is 7. The molecule has 1 fully saturated rings. The number of ether oxygens (including phenoxy) is 6. The summed E-state index contributed by atoms with van der Waals surface area (Å²) in [6.45, 7) is 3.81. The molecule has 1 unspecified atom stereocenters. The van der Waals surface area contributed by atoms with Crippen LogP contribution in [0.15, 0.2) is 158 Å². The van der Waals surface area contributed by atoms with Crippen molar-refractivity contribution < 1.29 is 33.2 Å². The lowest BCUT2D eigenvalue weighted by molar-refractivity contribution is -0.275. The van der Waals surface area contributed by atoms with Crippen molar-refractivity contribution in [3.8, 4) is 0 Å². The Morgan fingerprint density at radius 2 is 1.03 bits per heavy atom. The van der Waals surface area contributed by atoms with Crippen LogP contribution < -0.4 is 0 Å². The zero-order valence-corrected chi connectivity index (χ0v) is 34.8. The predicted molar refractivity (Wildman–Crippen MR) is 235 cm³/mol. The van der Waals surface area contributed by atoms with E-state index in [-0.39, 0.29) is 19.8 Å². The zero-order valence-electron chi connectivity index (χ0n) is 34.1. The van der Waals surface area contributed by atoms with Gasteiger partial charge < -0.3 is 33.2 Å². The molecule has 0 aromatic heterocycles. The molecule has 7 nitrogen and oxygen atoms in total. The summed E-state index contributed by atoms with van der Waals surface area (Å²) in [5.41, 5.74) is 9.08. The number of hydrogen-bond donors (Lipinski definition) is 0. The quantitative estimate of drug-likeness (QED) is 0.0529. The van der Waals surface area contributed by atoms with Crippen molar-refractivity contribution in [1.82, 2.24) is 0 Å². The Kier molecular flexibility index (Phi) is 16.2. The van der Waals surface area contributed by atoms with Gasteiger partial charge in [0.25, 0.3) is 0 Å².